The van der Waals surface area contributed by atoms with Crippen molar-refractivity contribution in [3.63, 3.8) is 0 Å². The minimum Gasteiger partial charge on any atom is -0.496 e. The number of aliphatic hydroxyl groups is 1. The average Bonchev–Trinajstić information content (AvgIpc) is 1.59. The summed E-state index contributed by atoms with van der Waals surface area (Å²) in [7, 11) is -6.05. The number of aryl methyl sites for hydroxylation is 1. The highest BCUT2D eigenvalue weighted by Gasteiger charge is 2.54. The number of carbonyl (C=O) groups is 4. The van der Waals surface area contributed by atoms with Gasteiger partial charge in [0.25, 0.3) is 0 Å². The quantitative estimate of drug-likeness (QED) is 0.0376. The number of sulfonamides is 3. The highest BCUT2D eigenvalue weighted by atomic mass is 32.2. The first-order valence-corrected chi connectivity index (χ1v) is 50.9. The Morgan fingerprint density at radius 2 is 0.934 bits per heavy atom. The maximum Gasteiger partial charge on any atom is 0.243 e. The number of amides is 2. The monoisotopic (exact) mass is 1910 g/mol. The van der Waals surface area contributed by atoms with Crippen molar-refractivity contribution < 1.29 is 87.0 Å². The van der Waals surface area contributed by atoms with Gasteiger partial charge in [-0.3, -0.25) is 29.1 Å². The van der Waals surface area contributed by atoms with Crippen molar-refractivity contribution in [2.75, 3.05) is 78.5 Å². The van der Waals surface area contributed by atoms with Crippen LogP contribution in [0.2, 0.25) is 0 Å². The number of rotatable bonds is 30. The Kier molecular flexibility index (Phi) is 27.2. The van der Waals surface area contributed by atoms with Crippen molar-refractivity contribution >= 4 is 65.1 Å². The lowest BCUT2D eigenvalue weighted by atomic mass is 9.78. The van der Waals surface area contributed by atoms with E-state index in [0.717, 1.165) is 174 Å². The smallest absolute Gasteiger partial charge is 0.243 e. The van der Waals surface area contributed by atoms with Gasteiger partial charge in [-0.25, -0.2) is 39.5 Å². The molecule has 21 rings (SSSR count). The van der Waals surface area contributed by atoms with Gasteiger partial charge < -0.3 is 48.9 Å². The highest BCUT2D eigenvalue weighted by molar-refractivity contribution is 7.89. The van der Waals surface area contributed by atoms with E-state index < -0.39 is 51.7 Å². The van der Waals surface area contributed by atoms with Gasteiger partial charge in [-0.2, -0.15) is 8.61 Å². The van der Waals surface area contributed by atoms with Crippen molar-refractivity contribution in [1.82, 2.24) is 32.9 Å². The van der Waals surface area contributed by atoms with E-state index in [4.69, 9.17) is 38.1 Å². The lowest BCUT2D eigenvalue weighted by molar-refractivity contribution is -0.122. The molecule has 0 unspecified atom stereocenters. The Morgan fingerprint density at radius 3 is 1.42 bits per heavy atom. The van der Waals surface area contributed by atoms with E-state index in [1.54, 1.807) is 96.3 Å². The first-order chi connectivity index (χ1) is 66.2. The van der Waals surface area contributed by atoms with Gasteiger partial charge in [0.05, 0.1) is 72.8 Å². The van der Waals surface area contributed by atoms with Crippen LogP contribution in [0, 0.1) is 12.8 Å². The van der Waals surface area contributed by atoms with Crippen LogP contribution in [0.3, 0.4) is 0 Å². The summed E-state index contributed by atoms with van der Waals surface area (Å²) in [6.45, 7) is 6.03. The predicted molar refractivity (Wildman–Crippen MR) is 525 cm³/mol. The Hall–Kier alpha value is -13.1. The Morgan fingerprint density at radius 1 is 0.474 bits per heavy atom. The second kappa shape index (κ2) is 39.6. The largest absolute Gasteiger partial charge is 0.496 e. The molecule has 0 spiro atoms. The molecule has 30 heteroatoms. The first-order valence-electron chi connectivity index (χ1n) is 46.5. The molecule has 1 atom stereocenters. The number of fused-ring (bicyclic) bond motifs is 3. The summed E-state index contributed by atoms with van der Waals surface area (Å²) < 4.78 is 119. The van der Waals surface area contributed by atoms with Gasteiger partial charge in [-0.1, -0.05) is 141 Å². The Labute approximate surface area is 802 Å². The summed E-state index contributed by atoms with van der Waals surface area (Å²) in [4.78, 5) is 72.7. The number of pyridine rings is 4. The van der Waals surface area contributed by atoms with E-state index in [9.17, 15) is 49.5 Å². The van der Waals surface area contributed by atoms with Gasteiger partial charge in [-0.05, 0) is 245 Å². The molecular weight excluding hydrogens is 1800 g/mol. The lowest BCUT2D eigenvalue weighted by Gasteiger charge is -2.28. The zero-order valence-corrected chi connectivity index (χ0v) is 79.5. The number of aliphatic hydroxyl groups excluding tert-OH is 1. The van der Waals surface area contributed by atoms with Gasteiger partial charge >= 0.3 is 0 Å². The summed E-state index contributed by atoms with van der Waals surface area (Å²) >= 11 is 0. The third-order valence-corrected chi connectivity index (χ3v) is 33.1. The topological polar surface area (TPSA) is 341 Å². The fourth-order valence-corrected chi connectivity index (χ4v) is 23.0. The molecule has 6 fully saturated rings. The summed E-state index contributed by atoms with van der Waals surface area (Å²) in [5, 5.41) is 15.5. The Balaban J connectivity index is 0.000000141. The predicted octanol–water partition coefficient (Wildman–Crippen LogP) is 18.2. The van der Waals surface area contributed by atoms with E-state index >= 15 is 0 Å². The van der Waals surface area contributed by atoms with Crippen molar-refractivity contribution in [2.45, 2.75) is 165 Å². The molecule has 2 amide bonds. The van der Waals surface area contributed by atoms with Gasteiger partial charge in [0.15, 0.2) is 34.5 Å². The number of hydrogen-bond acceptors (Lipinski definition) is 22. The molecule has 0 bridgehead atoms. The molecule has 3 N–H and O–H groups in total. The molecule has 5 saturated carbocycles. The van der Waals surface area contributed by atoms with Crippen LogP contribution in [0.4, 0.5) is 11.6 Å². The second-order valence-electron chi connectivity index (χ2n) is 36.5. The van der Waals surface area contributed by atoms with Crippen LogP contribution in [0.1, 0.15) is 147 Å². The summed E-state index contributed by atoms with van der Waals surface area (Å²) in [5.74, 6) is 6.63. The molecule has 27 nitrogen and oxygen atoms in total. The summed E-state index contributed by atoms with van der Waals surface area (Å²) in [5.41, 5.74) is 10.7. The normalized spacial score (nSPS) is 17.4. The number of ketones is 2. The van der Waals surface area contributed by atoms with Crippen LogP contribution < -0.4 is 43.8 Å². The molecule has 5 aliphatic carbocycles. The van der Waals surface area contributed by atoms with Gasteiger partial charge in [-0.15, -0.1) is 0 Å². The number of methoxy groups -OCH3 is 1. The maximum absolute atomic E-state index is 13.5. The van der Waals surface area contributed by atoms with Crippen LogP contribution in [-0.2, 0) is 83.7 Å². The number of ether oxygens (including phenoxy) is 7. The zero-order valence-electron chi connectivity index (χ0n) is 77.0. The second-order valence-corrected chi connectivity index (χ2v) is 42.5. The molecule has 714 valence electrons. The first kappa shape index (κ1) is 94.3. The molecule has 8 heterocycles. The molecule has 9 aliphatic rings. The minimum absolute atomic E-state index is 0. The SMILES string of the molecule is CCCN(CC1CC1)S(=O)(=O)c1ccc(-c2cccc(CC(=O)C3(c4ccc5c(c4)OCO5)CC3)n2)cc1.CN(C)S(=O)(=O)c1ccc(-c2cccc(NC(=O)C3(c4ccc5c(c4)OCO5)CC3)n2)cc1.COc1ccccc1-c1cnc(CC(=O)C2(c3ccc4c(c3)OCO4)CC2)c(C)c1.O=C(Nc1cccc(-c2ccc(S(=O)(=O)N3CCC[C@@H]3CO)cc2)n1)C1(c2ccccc2)CCCC1.[HH].[HH].[HH]. The number of nitrogens with zero attached hydrogens (tertiary/aromatic N) is 7. The standard InChI is InChI=1S/C30H32N2O5S.C28H31N3O4S.C25H23NO4.C24H23N3O5S.3H2/c1-2-16-32(19-21-6-7-21)38(34,35)25-11-8-22(9-12-25)26-5-3-4-24(31-26)18-29(33)30(14-15-30)23-10-13-27-28(17-23)37-20-36-27;32-20-23-10-7-19-31(23)36(34,35)24-15-13-21(14-16-24)25-11-6-12-26(29-25)30-27(33)28(17-4-5-18-28)22-8-2-1-3-9-22;1-16-11-17(19-5-3-4-6-21(19)28-2)14-26-20(16)13-24(27)25(9-10-25)18-7-8-22-23(12-18)30-15-29-22;1-27(2)33(29,30)18-9-6-16(7-10-18)19-4-3-5-22(25-19)26-23(28)24(12-13-24)17-8-11-20-21(14-17)32-15-31-20;;;/h3-5,8-13,17,21H,2,6-7,14-16,18-20H2,1H3;1-3,6,8-9,11-16,23,32H,4-5,7,10,17-20H2,(H,29,30,33);3-8,11-12,14H,9-10,13,15H2,1-2H3;3-11,14H,12-13,15H2,1-2H3,(H,25,26,28);3*1H/t;23-;;;;;/m.1...../s1. The number of Topliss-reactive ketones (excluding diaryl/α,β-unsaturated/α-hetero) is 2. The number of hydrogen-bond donors (Lipinski definition) is 3. The molecular formula is C107H115N9O18S3. The fraction of sp³-hybridized carbons (Fsp3) is 0.327. The molecule has 12 aromatic rings. The fourth-order valence-electron chi connectivity index (χ4n) is 18.8. The summed E-state index contributed by atoms with van der Waals surface area (Å²) in [6.07, 6.45) is 15.3. The van der Waals surface area contributed by atoms with Gasteiger partial charge in [0.2, 0.25) is 62.3 Å². The zero-order chi connectivity index (χ0) is 95.4. The molecule has 4 aromatic heterocycles. The van der Waals surface area contributed by atoms with Crippen molar-refractivity contribution in [1.29, 1.82) is 0 Å². The van der Waals surface area contributed by atoms with E-state index in [0.29, 0.717) is 95.0 Å². The van der Waals surface area contributed by atoms with E-state index in [1.165, 1.54) is 22.7 Å². The van der Waals surface area contributed by atoms with Crippen molar-refractivity contribution in [3.8, 4) is 85.1 Å². The maximum atomic E-state index is 13.5. The summed E-state index contributed by atoms with van der Waals surface area (Å²) in [6, 6.07) is 73.3. The molecule has 8 aromatic carbocycles. The average molecular weight is 1910 g/mol. The molecule has 1 saturated heterocycles. The number of aromatic nitrogens is 4. The van der Waals surface area contributed by atoms with Gasteiger partial charge in [0, 0.05) is 96.6 Å². The van der Waals surface area contributed by atoms with E-state index in [1.807, 2.05) is 172 Å². The van der Waals surface area contributed by atoms with Crippen molar-refractivity contribution in [2.24, 2.45) is 5.92 Å². The van der Waals surface area contributed by atoms with Crippen LogP contribution in [-0.4, -0.2) is 160 Å². The number of nitrogens with one attached hydrogen (secondary N) is 2. The minimum atomic E-state index is -3.67. The lowest BCUT2D eigenvalue weighted by Crippen LogP contribution is -2.38. The van der Waals surface area contributed by atoms with Crippen LogP contribution in [0.15, 0.2) is 264 Å². The number of anilines is 2. The molecule has 4 aliphatic heterocycles. The molecule has 0 radical (unpaired) electrons. The van der Waals surface area contributed by atoms with Crippen LogP contribution in [0.25, 0.3) is 44.9 Å². The highest BCUT2D eigenvalue weighted by Crippen LogP contribution is 2.55. The third kappa shape index (κ3) is 20.0. The number of para-hydroxylation sites is 1. The van der Waals surface area contributed by atoms with Crippen LogP contribution in [0.5, 0.6) is 40.2 Å². The van der Waals surface area contributed by atoms with Crippen LogP contribution >= 0.6 is 0 Å². The Bertz CT molecular complexity index is 6910. The third-order valence-electron chi connectivity index (χ3n) is 27.4. The number of benzene rings is 8. The van der Waals surface area contributed by atoms with Gasteiger partial charge in [0.1, 0.15) is 29.0 Å². The van der Waals surface area contributed by atoms with Crippen molar-refractivity contribution in [3.05, 3.63) is 288 Å². The molecule has 137 heavy (non-hydrogen) atoms. The van der Waals surface area contributed by atoms with E-state index in [-0.39, 0.29) is 76.9 Å². The number of carbonyl (C=O) groups excluding carboxylic acids is 4. The van der Waals surface area contributed by atoms with E-state index in [2.05, 4.69) is 31.7 Å².